The standard InChI is InChI=1S/C24H16Cl3NO4/c1-32-23-17(11-15(26)12-18(23)27)21(29)19-20(13-5-3-2-4-6-13)28(24(31)22(19)30)16-9-7-14(25)8-10-16/h2-12,20,29H,1H3/b21-19+. The number of halogens is 3. The SMILES string of the molecule is COc1c(Cl)cc(Cl)cc1/C(O)=C1\C(=O)C(=O)N(c2ccc(Cl)cc2)C1c1ccccc1. The van der Waals surface area contributed by atoms with E-state index in [0.717, 1.165) is 0 Å². The zero-order valence-electron chi connectivity index (χ0n) is 16.7. The molecule has 1 N–H and O–H groups in total. The molecule has 1 heterocycles. The maximum absolute atomic E-state index is 13.2. The zero-order valence-corrected chi connectivity index (χ0v) is 18.9. The summed E-state index contributed by atoms with van der Waals surface area (Å²) in [4.78, 5) is 27.6. The van der Waals surface area contributed by atoms with Crippen LogP contribution in [0.2, 0.25) is 15.1 Å². The quantitative estimate of drug-likeness (QED) is 0.266. The summed E-state index contributed by atoms with van der Waals surface area (Å²) in [6, 6.07) is 17.5. The van der Waals surface area contributed by atoms with Crippen LogP contribution >= 0.6 is 34.8 Å². The molecule has 0 aromatic heterocycles. The minimum Gasteiger partial charge on any atom is -0.507 e. The van der Waals surface area contributed by atoms with E-state index in [0.29, 0.717) is 16.3 Å². The summed E-state index contributed by atoms with van der Waals surface area (Å²) in [6.45, 7) is 0. The number of ketones is 1. The molecule has 1 saturated heterocycles. The molecule has 162 valence electrons. The van der Waals surface area contributed by atoms with Crippen LogP contribution in [0.15, 0.2) is 72.3 Å². The van der Waals surface area contributed by atoms with Crippen LogP contribution in [0.25, 0.3) is 5.76 Å². The van der Waals surface area contributed by atoms with Crippen LogP contribution in [-0.2, 0) is 9.59 Å². The average molecular weight is 489 g/mol. The minimum absolute atomic E-state index is 0.104. The second-order valence-electron chi connectivity index (χ2n) is 7.02. The van der Waals surface area contributed by atoms with E-state index in [1.54, 1.807) is 48.5 Å². The Bertz CT molecular complexity index is 1240. The van der Waals surface area contributed by atoms with Crippen molar-refractivity contribution >= 4 is 57.9 Å². The Labute approximate surface area is 199 Å². The topological polar surface area (TPSA) is 66.8 Å². The summed E-state index contributed by atoms with van der Waals surface area (Å²) in [7, 11) is 1.38. The smallest absolute Gasteiger partial charge is 0.300 e. The number of ether oxygens (including phenoxy) is 1. The van der Waals surface area contributed by atoms with Gasteiger partial charge in [0.05, 0.1) is 29.3 Å². The highest BCUT2D eigenvalue weighted by molar-refractivity contribution is 6.52. The summed E-state index contributed by atoms with van der Waals surface area (Å²) >= 11 is 18.4. The van der Waals surface area contributed by atoms with E-state index >= 15 is 0 Å². The van der Waals surface area contributed by atoms with E-state index in [1.165, 1.54) is 24.1 Å². The Morgan fingerprint density at radius 2 is 1.59 bits per heavy atom. The first kappa shape index (κ1) is 22.2. The maximum Gasteiger partial charge on any atom is 0.300 e. The van der Waals surface area contributed by atoms with Crippen molar-refractivity contribution in [3.05, 3.63) is 98.5 Å². The lowest BCUT2D eigenvalue weighted by atomic mass is 9.95. The van der Waals surface area contributed by atoms with Crippen LogP contribution in [0.5, 0.6) is 5.75 Å². The van der Waals surface area contributed by atoms with E-state index in [-0.39, 0.29) is 26.9 Å². The highest BCUT2D eigenvalue weighted by Gasteiger charge is 2.47. The number of rotatable bonds is 4. The summed E-state index contributed by atoms with van der Waals surface area (Å²) in [5, 5.41) is 12.2. The molecule has 0 bridgehead atoms. The third-order valence-electron chi connectivity index (χ3n) is 5.13. The van der Waals surface area contributed by atoms with E-state index in [2.05, 4.69) is 0 Å². The summed E-state index contributed by atoms with van der Waals surface area (Å²) in [5.41, 5.74) is 1.10. The molecule has 3 aromatic carbocycles. The summed E-state index contributed by atoms with van der Waals surface area (Å²) in [5.74, 6) is -1.92. The van der Waals surface area contributed by atoms with Gasteiger partial charge in [-0.05, 0) is 42.0 Å². The number of aliphatic hydroxyl groups excluding tert-OH is 1. The minimum atomic E-state index is -0.889. The predicted octanol–water partition coefficient (Wildman–Crippen LogP) is 6.28. The number of Topliss-reactive ketones (excluding diaryl/α,β-unsaturated/α-hetero) is 1. The fourth-order valence-corrected chi connectivity index (χ4v) is 4.44. The van der Waals surface area contributed by atoms with Crippen molar-refractivity contribution in [2.24, 2.45) is 0 Å². The number of amides is 1. The molecule has 5 nitrogen and oxygen atoms in total. The van der Waals surface area contributed by atoms with Gasteiger partial charge in [0.2, 0.25) is 0 Å². The second-order valence-corrected chi connectivity index (χ2v) is 8.30. The van der Waals surface area contributed by atoms with Gasteiger partial charge in [0, 0.05) is 15.7 Å². The normalized spacial score (nSPS) is 17.6. The fourth-order valence-electron chi connectivity index (χ4n) is 3.74. The van der Waals surface area contributed by atoms with Crippen LogP contribution in [0, 0.1) is 0 Å². The second kappa shape index (κ2) is 8.87. The first-order valence-corrected chi connectivity index (χ1v) is 10.6. The van der Waals surface area contributed by atoms with Crippen molar-refractivity contribution in [3.63, 3.8) is 0 Å². The third kappa shape index (κ3) is 3.84. The highest BCUT2D eigenvalue weighted by atomic mass is 35.5. The molecule has 1 atom stereocenters. The molecule has 0 radical (unpaired) electrons. The lowest BCUT2D eigenvalue weighted by Crippen LogP contribution is -2.29. The van der Waals surface area contributed by atoms with Crippen LogP contribution in [0.4, 0.5) is 5.69 Å². The van der Waals surface area contributed by atoms with E-state index < -0.39 is 23.5 Å². The molecule has 1 fully saturated rings. The first-order valence-electron chi connectivity index (χ1n) is 9.48. The number of anilines is 1. The number of carbonyl (C=O) groups is 2. The largest absolute Gasteiger partial charge is 0.507 e. The molecule has 1 amide bonds. The monoisotopic (exact) mass is 487 g/mol. The van der Waals surface area contributed by atoms with Gasteiger partial charge in [-0.1, -0.05) is 65.1 Å². The van der Waals surface area contributed by atoms with Crippen LogP contribution in [-0.4, -0.2) is 23.9 Å². The van der Waals surface area contributed by atoms with Crippen LogP contribution in [0.1, 0.15) is 17.2 Å². The molecule has 3 aromatic rings. The van der Waals surface area contributed by atoms with Gasteiger partial charge in [0.1, 0.15) is 11.5 Å². The molecule has 4 rings (SSSR count). The van der Waals surface area contributed by atoms with Gasteiger partial charge in [-0.2, -0.15) is 0 Å². The number of benzene rings is 3. The lowest BCUT2D eigenvalue weighted by molar-refractivity contribution is -0.132. The lowest BCUT2D eigenvalue weighted by Gasteiger charge is -2.25. The van der Waals surface area contributed by atoms with E-state index in [9.17, 15) is 14.7 Å². The molecule has 1 aliphatic heterocycles. The van der Waals surface area contributed by atoms with E-state index in [4.69, 9.17) is 39.5 Å². The summed E-state index contributed by atoms with van der Waals surface area (Å²) in [6.07, 6.45) is 0. The molecule has 8 heteroatoms. The number of nitrogens with zero attached hydrogens (tertiary/aromatic N) is 1. The van der Waals surface area contributed by atoms with Crippen LogP contribution < -0.4 is 9.64 Å². The number of carbonyl (C=O) groups excluding carboxylic acids is 2. The van der Waals surface area contributed by atoms with E-state index in [1.807, 2.05) is 6.07 Å². The molecule has 32 heavy (non-hydrogen) atoms. The number of hydrogen-bond donors (Lipinski definition) is 1. The van der Waals surface area contributed by atoms with Gasteiger partial charge >= 0.3 is 0 Å². The fraction of sp³-hybridized carbons (Fsp3) is 0.0833. The average Bonchev–Trinajstić information content (AvgIpc) is 3.04. The van der Waals surface area contributed by atoms with Gasteiger partial charge in [-0.15, -0.1) is 0 Å². The van der Waals surface area contributed by atoms with Crippen molar-refractivity contribution in [3.8, 4) is 5.75 Å². The molecular weight excluding hydrogens is 473 g/mol. The van der Waals surface area contributed by atoms with Crippen LogP contribution in [0.3, 0.4) is 0 Å². The Morgan fingerprint density at radius 1 is 0.938 bits per heavy atom. The van der Waals surface area contributed by atoms with Crippen molar-refractivity contribution < 1.29 is 19.4 Å². The Hall–Kier alpha value is -2.99. The zero-order chi connectivity index (χ0) is 23.0. The van der Waals surface area contributed by atoms with Crippen molar-refractivity contribution in [2.75, 3.05) is 12.0 Å². The number of aliphatic hydroxyl groups is 1. The number of hydrogen-bond acceptors (Lipinski definition) is 4. The molecule has 1 unspecified atom stereocenters. The molecule has 1 aliphatic rings. The Kier molecular flexibility index (Phi) is 6.15. The maximum atomic E-state index is 13.2. The van der Waals surface area contributed by atoms with Crippen molar-refractivity contribution in [1.29, 1.82) is 0 Å². The molecule has 0 aliphatic carbocycles. The van der Waals surface area contributed by atoms with Gasteiger partial charge in [0.15, 0.2) is 0 Å². The molecule has 0 saturated carbocycles. The van der Waals surface area contributed by atoms with Crippen molar-refractivity contribution in [1.82, 2.24) is 0 Å². The van der Waals surface area contributed by atoms with Gasteiger partial charge < -0.3 is 9.84 Å². The summed E-state index contributed by atoms with van der Waals surface area (Å²) < 4.78 is 5.33. The van der Waals surface area contributed by atoms with Gasteiger partial charge in [-0.3, -0.25) is 14.5 Å². The first-order chi connectivity index (χ1) is 15.3. The molecular formula is C24H16Cl3NO4. The van der Waals surface area contributed by atoms with Crippen molar-refractivity contribution in [2.45, 2.75) is 6.04 Å². The number of methoxy groups -OCH3 is 1. The third-order valence-corrected chi connectivity index (χ3v) is 5.88. The Balaban J connectivity index is 1.99. The van der Waals surface area contributed by atoms with Gasteiger partial charge in [0.25, 0.3) is 11.7 Å². The predicted molar refractivity (Wildman–Crippen MR) is 126 cm³/mol. The van der Waals surface area contributed by atoms with Gasteiger partial charge in [-0.25, -0.2) is 0 Å². The Morgan fingerprint density at radius 3 is 2.22 bits per heavy atom. The highest BCUT2D eigenvalue weighted by Crippen LogP contribution is 2.44. The molecule has 0 spiro atoms.